The Balaban J connectivity index is 1.41. The van der Waals surface area contributed by atoms with Crippen LogP contribution in [0.5, 0.6) is 0 Å². The lowest BCUT2D eigenvalue weighted by atomic mass is 9.91. The topological polar surface area (TPSA) is 67.4 Å². The highest BCUT2D eigenvalue weighted by atomic mass is 32.1. The average Bonchev–Trinajstić information content (AvgIpc) is 3.18. The number of hydrogen-bond acceptors (Lipinski definition) is 4. The van der Waals surface area contributed by atoms with Crippen molar-refractivity contribution >= 4 is 29.0 Å². The number of benzene rings is 2. The summed E-state index contributed by atoms with van der Waals surface area (Å²) in [6, 6.07) is 17.7. The largest absolute Gasteiger partial charge is 0.453 e. The molecule has 0 bridgehead atoms. The van der Waals surface area contributed by atoms with Gasteiger partial charge < -0.3 is 10.1 Å². The summed E-state index contributed by atoms with van der Waals surface area (Å²) in [6.45, 7) is 0.427. The third-order valence-corrected chi connectivity index (χ3v) is 6.01. The molecule has 0 saturated carbocycles. The highest BCUT2D eigenvalue weighted by Gasteiger charge is 2.21. The minimum absolute atomic E-state index is 0.0614. The molecule has 5 nitrogen and oxygen atoms in total. The van der Waals surface area contributed by atoms with Crippen LogP contribution in [0.15, 0.2) is 54.6 Å². The summed E-state index contributed by atoms with van der Waals surface area (Å²) in [5.74, 6) is -0.0614. The molecule has 6 heteroatoms. The number of anilines is 1. The number of aryl methyl sites for hydroxylation is 2. The predicted octanol–water partition coefficient (Wildman–Crippen LogP) is 4.62. The first-order valence-corrected chi connectivity index (χ1v) is 9.89. The number of hydrogen-bond donors (Lipinski definition) is 2. The third-order valence-electron chi connectivity index (χ3n) is 4.80. The summed E-state index contributed by atoms with van der Waals surface area (Å²) in [7, 11) is 1.32. The molecule has 142 valence electrons. The Morgan fingerprint density at radius 1 is 1.04 bits per heavy atom. The predicted molar refractivity (Wildman–Crippen MR) is 111 cm³/mol. The van der Waals surface area contributed by atoms with Gasteiger partial charge in [0, 0.05) is 17.1 Å². The van der Waals surface area contributed by atoms with Gasteiger partial charge in [0.2, 0.25) is 0 Å². The first-order chi connectivity index (χ1) is 13.6. The number of rotatable bonds is 4. The number of fused-ring (bicyclic) bond motifs is 3. The van der Waals surface area contributed by atoms with E-state index in [1.165, 1.54) is 28.7 Å². The lowest BCUT2D eigenvalue weighted by Gasteiger charge is -2.15. The molecule has 0 saturated heterocycles. The van der Waals surface area contributed by atoms with E-state index in [4.69, 9.17) is 0 Å². The van der Waals surface area contributed by atoms with Crippen LogP contribution < -0.4 is 10.6 Å². The molecule has 2 N–H and O–H groups in total. The van der Waals surface area contributed by atoms with Gasteiger partial charge in [0.1, 0.15) is 0 Å². The van der Waals surface area contributed by atoms with E-state index in [-0.39, 0.29) is 5.91 Å². The van der Waals surface area contributed by atoms with Gasteiger partial charge >= 0.3 is 6.09 Å². The number of thiophene rings is 1. The Kier molecular flexibility index (Phi) is 5.12. The molecule has 3 aromatic rings. The van der Waals surface area contributed by atoms with Gasteiger partial charge in [0.15, 0.2) is 0 Å². The first-order valence-electron chi connectivity index (χ1n) is 9.07. The van der Waals surface area contributed by atoms with Crippen molar-refractivity contribution in [2.45, 2.75) is 19.4 Å². The summed E-state index contributed by atoms with van der Waals surface area (Å²) >= 11 is 1.56. The van der Waals surface area contributed by atoms with E-state index < -0.39 is 6.09 Å². The first kappa shape index (κ1) is 18.3. The molecule has 2 amide bonds. The molecule has 1 aliphatic rings. The van der Waals surface area contributed by atoms with Gasteiger partial charge in [0.25, 0.3) is 5.91 Å². The van der Waals surface area contributed by atoms with Gasteiger partial charge in [-0.1, -0.05) is 36.4 Å². The minimum Gasteiger partial charge on any atom is -0.453 e. The summed E-state index contributed by atoms with van der Waals surface area (Å²) in [5, 5.41) is 5.58. The maximum absolute atomic E-state index is 12.6. The fourth-order valence-corrected chi connectivity index (χ4v) is 4.51. The Labute approximate surface area is 167 Å². The average molecular weight is 392 g/mol. The number of nitrogens with one attached hydrogen (secondary N) is 2. The molecule has 0 unspecified atom stereocenters. The third kappa shape index (κ3) is 3.77. The van der Waals surface area contributed by atoms with Crippen LogP contribution in [0.4, 0.5) is 10.5 Å². The number of amides is 2. The highest BCUT2D eigenvalue weighted by Crippen LogP contribution is 2.39. The lowest BCUT2D eigenvalue weighted by Crippen LogP contribution is -2.21. The van der Waals surface area contributed by atoms with Crippen molar-refractivity contribution in [2.75, 3.05) is 12.4 Å². The second kappa shape index (κ2) is 7.86. The van der Waals surface area contributed by atoms with Crippen LogP contribution in [0.2, 0.25) is 0 Å². The van der Waals surface area contributed by atoms with E-state index in [1.54, 1.807) is 23.5 Å². The van der Waals surface area contributed by atoms with Crippen LogP contribution in [0, 0.1) is 0 Å². The second-order valence-electron chi connectivity index (χ2n) is 6.62. The second-order valence-corrected chi connectivity index (χ2v) is 7.67. The van der Waals surface area contributed by atoms with Crippen molar-refractivity contribution in [1.29, 1.82) is 0 Å². The molecular weight excluding hydrogens is 372 g/mol. The van der Waals surface area contributed by atoms with Crippen molar-refractivity contribution in [3.05, 3.63) is 76.2 Å². The fraction of sp³-hybridized carbons (Fsp3) is 0.182. The number of ether oxygens (including phenoxy) is 1. The molecular formula is C22H20N2O3S. The molecule has 1 aromatic heterocycles. The summed E-state index contributed by atoms with van der Waals surface area (Å²) in [6.07, 6.45) is 1.49. The van der Waals surface area contributed by atoms with Gasteiger partial charge in [-0.25, -0.2) is 4.79 Å². The molecule has 0 atom stereocenters. The van der Waals surface area contributed by atoms with Gasteiger partial charge in [-0.3, -0.25) is 10.1 Å². The Hall–Kier alpha value is -3.12. The zero-order valence-electron chi connectivity index (χ0n) is 15.5. The molecule has 0 aliphatic heterocycles. The molecule has 28 heavy (non-hydrogen) atoms. The molecule has 0 fully saturated rings. The zero-order valence-corrected chi connectivity index (χ0v) is 16.3. The minimum atomic E-state index is -0.510. The van der Waals surface area contributed by atoms with Crippen molar-refractivity contribution in [3.63, 3.8) is 0 Å². The van der Waals surface area contributed by atoms with Gasteiger partial charge in [-0.2, -0.15) is 0 Å². The van der Waals surface area contributed by atoms with Gasteiger partial charge in [0.05, 0.1) is 12.0 Å². The Morgan fingerprint density at radius 3 is 2.57 bits per heavy atom. The van der Waals surface area contributed by atoms with Crippen LogP contribution >= 0.6 is 11.3 Å². The standard InChI is InChI=1S/C22H20N2O3S/c1-27-22(26)24-17-10-6-14(7-11-17)13-23-21(25)19-12-16-9-8-15-4-2-3-5-18(15)20(16)28-19/h2-7,10-12H,8-9,13H2,1H3,(H,23,25)(H,24,26). The van der Waals surface area contributed by atoms with Crippen LogP contribution in [0.25, 0.3) is 10.4 Å². The molecule has 4 rings (SSSR count). The molecule has 1 heterocycles. The van der Waals surface area contributed by atoms with Gasteiger partial charge in [-0.05, 0) is 53.3 Å². The number of carbonyl (C=O) groups is 2. The number of carbonyl (C=O) groups excluding carboxylic acids is 2. The molecule has 0 radical (unpaired) electrons. The van der Waals surface area contributed by atoms with Crippen LogP contribution in [0.3, 0.4) is 0 Å². The van der Waals surface area contributed by atoms with Crippen LogP contribution in [-0.4, -0.2) is 19.1 Å². The molecule has 2 aromatic carbocycles. The van der Waals surface area contributed by atoms with E-state index in [0.717, 1.165) is 23.3 Å². The van der Waals surface area contributed by atoms with E-state index in [9.17, 15) is 9.59 Å². The van der Waals surface area contributed by atoms with E-state index in [0.29, 0.717) is 12.2 Å². The highest BCUT2D eigenvalue weighted by molar-refractivity contribution is 7.17. The quantitative estimate of drug-likeness (QED) is 0.681. The maximum Gasteiger partial charge on any atom is 0.411 e. The normalized spacial score (nSPS) is 11.9. The monoisotopic (exact) mass is 392 g/mol. The van der Waals surface area contributed by atoms with Crippen LogP contribution in [0.1, 0.15) is 26.4 Å². The van der Waals surface area contributed by atoms with Gasteiger partial charge in [-0.15, -0.1) is 11.3 Å². The van der Waals surface area contributed by atoms with Crippen molar-refractivity contribution in [2.24, 2.45) is 0 Å². The Morgan fingerprint density at radius 2 is 1.79 bits per heavy atom. The smallest absolute Gasteiger partial charge is 0.411 e. The Bertz CT molecular complexity index is 1020. The van der Waals surface area contributed by atoms with Crippen molar-refractivity contribution in [3.8, 4) is 10.4 Å². The summed E-state index contributed by atoms with van der Waals surface area (Å²) < 4.78 is 4.56. The van der Waals surface area contributed by atoms with Crippen molar-refractivity contribution < 1.29 is 14.3 Å². The fourth-order valence-electron chi connectivity index (χ4n) is 3.33. The summed E-state index contributed by atoms with van der Waals surface area (Å²) in [4.78, 5) is 25.8. The zero-order chi connectivity index (χ0) is 19.5. The van der Waals surface area contributed by atoms with E-state index in [2.05, 4.69) is 33.6 Å². The SMILES string of the molecule is COC(=O)Nc1ccc(CNC(=O)c2cc3c(s2)-c2ccccc2CC3)cc1. The van der Waals surface area contributed by atoms with E-state index >= 15 is 0 Å². The summed E-state index contributed by atoms with van der Waals surface area (Å²) in [5.41, 5.74) is 5.46. The van der Waals surface area contributed by atoms with Crippen LogP contribution in [-0.2, 0) is 24.1 Å². The lowest BCUT2D eigenvalue weighted by molar-refractivity contribution is 0.0955. The molecule has 1 aliphatic carbocycles. The number of methoxy groups -OCH3 is 1. The van der Waals surface area contributed by atoms with E-state index in [1.807, 2.05) is 24.3 Å². The van der Waals surface area contributed by atoms with Crippen molar-refractivity contribution in [1.82, 2.24) is 5.32 Å². The maximum atomic E-state index is 12.6. The molecule has 0 spiro atoms.